The minimum absolute atomic E-state index is 0.119. The van der Waals surface area contributed by atoms with Crippen LogP contribution in [0.2, 0.25) is 0 Å². The lowest BCUT2D eigenvalue weighted by molar-refractivity contribution is -0.0178. The van der Waals surface area contributed by atoms with Crippen LogP contribution in [0.15, 0.2) is 41.2 Å². The van der Waals surface area contributed by atoms with Gasteiger partial charge in [0.1, 0.15) is 17.7 Å². The Kier molecular flexibility index (Phi) is 5.81. The van der Waals surface area contributed by atoms with Gasteiger partial charge in [-0.05, 0) is 51.8 Å². The van der Waals surface area contributed by atoms with E-state index in [1.165, 1.54) is 12.1 Å². The molecule has 4 aromatic heterocycles. The Bertz CT molecular complexity index is 1750. The number of anilines is 1. The van der Waals surface area contributed by atoms with Gasteiger partial charge in [0.15, 0.2) is 11.5 Å². The molecule has 12 heteroatoms. The second kappa shape index (κ2) is 9.40. The van der Waals surface area contributed by atoms with E-state index < -0.39 is 11.6 Å². The Morgan fingerprint density at radius 1 is 0.975 bits per heavy atom. The summed E-state index contributed by atoms with van der Waals surface area (Å²) in [7, 11) is 0. The van der Waals surface area contributed by atoms with E-state index in [1.54, 1.807) is 13.0 Å². The fourth-order valence-electron chi connectivity index (χ4n) is 5.14. The summed E-state index contributed by atoms with van der Waals surface area (Å²) >= 11 is 0. The second-order valence-electron chi connectivity index (χ2n) is 10.5. The van der Waals surface area contributed by atoms with Crippen molar-refractivity contribution < 1.29 is 18.0 Å². The molecule has 1 saturated carbocycles. The number of hydrogen-bond donors (Lipinski definition) is 0. The van der Waals surface area contributed by atoms with Crippen molar-refractivity contribution in [3.8, 4) is 22.7 Å². The molecule has 5 aromatic rings. The Balaban J connectivity index is 1.34. The highest BCUT2D eigenvalue weighted by atomic mass is 19.1. The molecular formula is C28H26F2N8O2. The summed E-state index contributed by atoms with van der Waals surface area (Å²) in [5, 5.41) is 8.88. The largest absolute Gasteiger partial charge is 0.367 e. The zero-order chi connectivity index (χ0) is 27.5. The molecule has 5 heterocycles. The SMILES string of the molecule is Cc1noc(-c2cc3c(-c4ccc(F)cc4F)nc(N4C[C@@H](C)O[C@@H](c5cnn(C6CC6)c5)C4)nc3nc2C)n1. The zero-order valence-corrected chi connectivity index (χ0v) is 22.2. The van der Waals surface area contributed by atoms with E-state index >= 15 is 4.39 Å². The molecule has 2 atom stereocenters. The monoisotopic (exact) mass is 544 g/mol. The summed E-state index contributed by atoms with van der Waals surface area (Å²) in [4.78, 5) is 20.7. The molecule has 1 aromatic carbocycles. The lowest BCUT2D eigenvalue weighted by Gasteiger charge is -2.36. The fourth-order valence-corrected chi connectivity index (χ4v) is 5.14. The van der Waals surface area contributed by atoms with Crippen molar-refractivity contribution in [2.75, 3.05) is 18.0 Å². The van der Waals surface area contributed by atoms with Gasteiger partial charge in [-0.2, -0.15) is 15.1 Å². The van der Waals surface area contributed by atoms with Crippen molar-refractivity contribution in [1.29, 1.82) is 0 Å². The molecule has 0 spiro atoms. The van der Waals surface area contributed by atoms with Crippen molar-refractivity contribution in [2.45, 2.75) is 51.9 Å². The lowest BCUT2D eigenvalue weighted by Crippen LogP contribution is -2.43. The van der Waals surface area contributed by atoms with Crippen LogP contribution in [0.5, 0.6) is 0 Å². The highest BCUT2D eigenvalue weighted by Crippen LogP contribution is 2.37. The van der Waals surface area contributed by atoms with Gasteiger partial charge in [-0.25, -0.2) is 18.7 Å². The Labute approximate surface area is 228 Å². The molecule has 2 aliphatic rings. The van der Waals surface area contributed by atoms with E-state index in [-0.39, 0.29) is 23.7 Å². The van der Waals surface area contributed by atoms with Crippen LogP contribution in [0, 0.1) is 25.5 Å². The molecule has 0 bridgehead atoms. The number of nitrogens with zero attached hydrogens (tertiary/aromatic N) is 8. The number of aromatic nitrogens is 7. The van der Waals surface area contributed by atoms with Crippen LogP contribution in [0.25, 0.3) is 33.7 Å². The van der Waals surface area contributed by atoms with Gasteiger partial charge in [-0.3, -0.25) is 4.68 Å². The van der Waals surface area contributed by atoms with Gasteiger partial charge in [-0.1, -0.05) is 5.16 Å². The average molecular weight is 545 g/mol. The smallest absolute Gasteiger partial charge is 0.259 e. The standard InChI is InChI=1S/C28H26F2N8O2/c1-14-11-37(13-24(39-14)17-10-31-38(12-17)19-5-6-19)28-34-25(20-7-4-18(29)8-23(20)30)22-9-21(15(2)32-26(22)35-28)27-33-16(3)36-40-27/h4,7-10,12,14,19,24H,5-6,11,13H2,1-3H3/t14-,24-/m1/s1. The molecule has 10 nitrogen and oxygen atoms in total. The van der Waals surface area contributed by atoms with Crippen molar-refractivity contribution >= 4 is 17.0 Å². The topological polar surface area (TPSA) is 108 Å². The van der Waals surface area contributed by atoms with Gasteiger partial charge in [0.05, 0.1) is 41.8 Å². The van der Waals surface area contributed by atoms with E-state index in [4.69, 9.17) is 24.2 Å². The molecule has 7 rings (SSSR count). The number of ether oxygens (including phenoxy) is 1. The molecule has 0 N–H and O–H groups in total. The first-order valence-electron chi connectivity index (χ1n) is 13.2. The van der Waals surface area contributed by atoms with E-state index in [9.17, 15) is 4.39 Å². The second-order valence-corrected chi connectivity index (χ2v) is 10.5. The summed E-state index contributed by atoms with van der Waals surface area (Å²) in [6.07, 6.45) is 5.83. The molecule has 0 unspecified atom stereocenters. The first-order chi connectivity index (χ1) is 19.3. The Hall–Kier alpha value is -4.32. The quantitative estimate of drug-likeness (QED) is 0.297. The molecule has 204 valence electrons. The van der Waals surface area contributed by atoms with Gasteiger partial charge in [0, 0.05) is 35.3 Å². The predicted octanol–water partition coefficient (Wildman–Crippen LogP) is 5.13. The number of halogens is 2. The summed E-state index contributed by atoms with van der Waals surface area (Å²) in [6.45, 7) is 6.54. The number of pyridine rings is 1. The molecule has 0 radical (unpaired) electrons. The van der Waals surface area contributed by atoms with E-state index in [0.717, 1.165) is 24.5 Å². The number of hydrogen-bond acceptors (Lipinski definition) is 9. The lowest BCUT2D eigenvalue weighted by atomic mass is 10.0. The maximum absolute atomic E-state index is 15.2. The third kappa shape index (κ3) is 4.47. The first kappa shape index (κ1) is 24.7. The van der Waals surface area contributed by atoms with Crippen LogP contribution in [-0.4, -0.2) is 54.1 Å². The van der Waals surface area contributed by atoms with Gasteiger partial charge in [0.2, 0.25) is 5.95 Å². The Morgan fingerprint density at radius 2 is 1.82 bits per heavy atom. The van der Waals surface area contributed by atoms with E-state index in [1.807, 2.05) is 35.8 Å². The van der Waals surface area contributed by atoms with E-state index in [2.05, 4.69) is 15.2 Å². The van der Waals surface area contributed by atoms with Crippen LogP contribution < -0.4 is 4.90 Å². The molecular weight excluding hydrogens is 518 g/mol. The molecule has 1 aliphatic heterocycles. The van der Waals surface area contributed by atoms with Crippen LogP contribution in [0.1, 0.15) is 49.0 Å². The molecule has 1 aliphatic carbocycles. The fraction of sp³-hybridized carbons (Fsp3) is 0.357. The molecule has 1 saturated heterocycles. The zero-order valence-electron chi connectivity index (χ0n) is 22.2. The third-order valence-electron chi connectivity index (χ3n) is 7.27. The van der Waals surface area contributed by atoms with Crippen LogP contribution in [-0.2, 0) is 4.74 Å². The normalized spacial score (nSPS) is 19.5. The molecule has 2 fully saturated rings. The van der Waals surface area contributed by atoms with Crippen LogP contribution in [0.3, 0.4) is 0 Å². The van der Waals surface area contributed by atoms with Crippen molar-refractivity contribution in [3.63, 3.8) is 0 Å². The summed E-state index contributed by atoms with van der Waals surface area (Å²) in [5.41, 5.74) is 2.99. The van der Waals surface area contributed by atoms with Crippen molar-refractivity contribution in [3.05, 3.63) is 65.4 Å². The minimum atomic E-state index is -0.734. The predicted molar refractivity (Wildman–Crippen MR) is 141 cm³/mol. The molecule has 0 amide bonds. The number of rotatable bonds is 5. The van der Waals surface area contributed by atoms with Gasteiger partial charge < -0.3 is 14.2 Å². The van der Waals surface area contributed by atoms with Crippen molar-refractivity contribution in [1.82, 2.24) is 34.9 Å². The van der Waals surface area contributed by atoms with Crippen molar-refractivity contribution in [2.24, 2.45) is 0 Å². The Morgan fingerprint density at radius 3 is 2.58 bits per heavy atom. The number of aryl methyl sites for hydroxylation is 2. The van der Waals surface area contributed by atoms with Gasteiger partial charge >= 0.3 is 0 Å². The highest BCUT2D eigenvalue weighted by molar-refractivity contribution is 5.94. The summed E-state index contributed by atoms with van der Waals surface area (Å²) in [6, 6.07) is 5.67. The van der Waals surface area contributed by atoms with Crippen LogP contribution in [0.4, 0.5) is 14.7 Å². The first-order valence-corrected chi connectivity index (χ1v) is 13.2. The molecule has 40 heavy (non-hydrogen) atoms. The maximum Gasteiger partial charge on any atom is 0.259 e. The van der Waals surface area contributed by atoms with E-state index in [0.29, 0.717) is 58.9 Å². The maximum atomic E-state index is 15.2. The summed E-state index contributed by atoms with van der Waals surface area (Å²) < 4.78 is 42.6. The van der Waals surface area contributed by atoms with Gasteiger partial charge in [0.25, 0.3) is 5.89 Å². The average Bonchev–Trinajstić information content (AvgIpc) is 3.49. The number of fused-ring (bicyclic) bond motifs is 1. The minimum Gasteiger partial charge on any atom is -0.367 e. The third-order valence-corrected chi connectivity index (χ3v) is 7.27. The summed E-state index contributed by atoms with van der Waals surface area (Å²) in [5.74, 6) is -0.260. The van der Waals surface area contributed by atoms with Crippen LogP contribution >= 0.6 is 0 Å². The number of morpholine rings is 1. The number of benzene rings is 1. The highest BCUT2D eigenvalue weighted by Gasteiger charge is 2.32. The van der Waals surface area contributed by atoms with Gasteiger partial charge in [-0.15, -0.1) is 0 Å².